The first kappa shape index (κ1) is 16.5. The van der Waals surface area contributed by atoms with Crippen LogP contribution >= 0.6 is 15.9 Å². The van der Waals surface area contributed by atoms with Gasteiger partial charge in [-0.15, -0.1) is 0 Å². The molecule has 0 unspecified atom stereocenters. The van der Waals surface area contributed by atoms with Crippen LogP contribution in [0.15, 0.2) is 29.2 Å². The van der Waals surface area contributed by atoms with Gasteiger partial charge in [0.15, 0.2) is 9.84 Å². The summed E-state index contributed by atoms with van der Waals surface area (Å²) in [5, 5.41) is 0.971. The molecule has 5 heteroatoms. The van der Waals surface area contributed by atoms with Crippen molar-refractivity contribution in [1.82, 2.24) is 0 Å². The van der Waals surface area contributed by atoms with Gasteiger partial charge in [-0.25, -0.2) is 8.42 Å². The van der Waals surface area contributed by atoms with Gasteiger partial charge in [0.2, 0.25) is 0 Å². The van der Waals surface area contributed by atoms with Gasteiger partial charge < -0.3 is 4.90 Å². The van der Waals surface area contributed by atoms with Gasteiger partial charge in [-0.1, -0.05) is 22.9 Å². The van der Waals surface area contributed by atoms with E-state index in [1.54, 1.807) is 19.1 Å². The molecule has 0 aliphatic carbocycles. The second-order valence-electron chi connectivity index (χ2n) is 4.73. The molecule has 1 rings (SSSR count). The molecule has 0 heterocycles. The van der Waals surface area contributed by atoms with Crippen LogP contribution in [0.4, 0.5) is 5.69 Å². The van der Waals surface area contributed by atoms with Crippen molar-refractivity contribution in [1.29, 1.82) is 0 Å². The molecule has 0 amide bonds. The maximum atomic E-state index is 11.8. The SMILES string of the molecule is CCS(=O)(=O)c1ccc(N(CCCBr)C(C)C)cc1. The second-order valence-corrected chi connectivity index (χ2v) is 7.80. The predicted octanol–water partition coefficient (Wildman–Crippen LogP) is 3.48. The molecule has 0 saturated carbocycles. The number of hydrogen-bond donors (Lipinski definition) is 0. The fraction of sp³-hybridized carbons (Fsp3) is 0.571. The third kappa shape index (κ3) is 4.49. The number of benzene rings is 1. The monoisotopic (exact) mass is 347 g/mol. The van der Waals surface area contributed by atoms with Gasteiger partial charge in [-0.05, 0) is 44.5 Å². The fourth-order valence-electron chi connectivity index (χ4n) is 1.93. The summed E-state index contributed by atoms with van der Waals surface area (Å²) < 4.78 is 23.5. The summed E-state index contributed by atoms with van der Waals surface area (Å²) in [6.45, 7) is 6.91. The van der Waals surface area contributed by atoms with Crippen molar-refractivity contribution in [2.45, 2.75) is 38.1 Å². The molecule has 0 aliphatic heterocycles. The molecular formula is C14H22BrNO2S. The third-order valence-electron chi connectivity index (χ3n) is 3.06. The third-order valence-corrected chi connectivity index (χ3v) is 5.37. The van der Waals surface area contributed by atoms with Crippen LogP contribution in [0.1, 0.15) is 27.2 Å². The van der Waals surface area contributed by atoms with Crippen molar-refractivity contribution < 1.29 is 8.42 Å². The van der Waals surface area contributed by atoms with E-state index >= 15 is 0 Å². The molecule has 0 atom stereocenters. The first-order valence-electron chi connectivity index (χ1n) is 6.57. The van der Waals surface area contributed by atoms with E-state index in [-0.39, 0.29) is 5.75 Å². The number of rotatable bonds is 7. The Morgan fingerprint density at radius 1 is 1.21 bits per heavy atom. The minimum atomic E-state index is -3.10. The topological polar surface area (TPSA) is 37.4 Å². The van der Waals surface area contributed by atoms with E-state index in [0.29, 0.717) is 10.9 Å². The molecule has 0 N–H and O–H groups in total. The summed E-state index contributed by atoms with van der Waals surface area (Å²) >= 11 is 3.44. The van der Waals surface area contributed by atoms with Crippen molar-refractivity contribution >= 4 is 31.5 Å². The molecule has 0 bridgehead atoms. The van der Waals surface area contributed by atoms with Gasteiger partial charge >= 0.3 is 0 Å². The Labute approximate surface area is 125 Å². The summed E-state index contributed by atoms with van der Waals surface area (Å²) in [6.07, 6.45) is 1.06. The molecule has 108 valence electrons. The molecule has 0 aromatic heterocycles. The summed E-state index contributed by atoms with van der Waals surface area (Å²) in [7, 11) is -3.10. The van der Waals surface area contributed by atoms with E-state index in [9.17, 15) is 8.42 Å². The molecule has 3 nitrogen and oxygen atoms in total. The number of sulfone groups is 1. The zero-order chi connectivity index (χ0) is 14.5. The predicted molar refractivity (Wildman–Crippen MR) is 85.1 cm³/mol. The molecule has 0 aliphatic rings. The van der Waals surface area contributed by atoms with Crippen LogP contribution in [-0.2, 0) is 9.84 Å². The molecule has 0 radical (unpaired) electrons. The Morgan fingerprint density at radius 3 is 2.21 bits per heavy atom. The van der Waals surface area contributed by atoms with Gasteiger partial charge in [-0.2, -0.15) is 0 Å². The van der Waals surface area contributed by atoms with E-state index in [2.05, 4.69) is 34.7 Å². The first-order chi connectivity index (χ1) is 8.92. The number of nitrogens with zero attached hydrogens (tertiary/aromatic N) is 1. The highest BCUT2D eigenvalue weighted by Crippen LogP contribution is 2.21. The first-order valence-corrected chi connectivity index (χ1v) is 9.35. The number of anilines is 1. The smallest absolute Gasteiger partial charge is 0.178 e. The Bertz CT molecular complexity index is 483. The van der Waals surface area contributed by atoms with Crippen LogP contribution in [-0.4, -0.2) is 32.1 Å². The van der Waals surface area contributed by atoms with Crippen LogP contribution in [0.5, 0.6) is 0 Å². The standard InChI is InChI=1S/C14H22BrNO2S/c1-4-19(17,18)14-8-6-13(7-9-14)16(12(2)3)11-5-10-15/h6-9,12H,4-5,10-11H2,1-3H3. The lowest BCUT2D eigenvalue weighted by molar-refractivity contribution is 0.597. The van der Waals surface area contributed by atoms with Gasteiger partial charge in [-0.3, -0.25) is 0 Å². The number of alkyl halides is 1. The Kier molecular flexibility index (Phi) is 6.33. The lowest BCUT2D eigenvalue weighted by Gasteiger charge is -2.29. The number of halogens is 1. The van der Waals surface area contributed by atoms with Crippen molar-refractivity contribution in [3.05, 3.63) is 24.3 Å². The molecule has 0 saturated heterocycles. The quantitative estimate of drug-likeness (QED) is 0.708. The van der Waals surface area contributed by atoms with Crippen molar-refractivity contribution in [3.63, 3.8) is 0 Å². The molecule has 1 aromatic carbocycles. The lowest BCUT2D eigenvalue weighted by Crippen LogP contribution is -2.31. The average molecular weight is 348 g/mol. The molecule has 19 heavy (non-hydrogen) atoms. The fourth-order valence-corrected chi connectivity index (χ4v) is 3.06. The molecule has 0 spiro atoms. The number of hydrogen-bond acceptors (Lipinski definition) is 3. The normalized spacial score (nSPS) is 11.8. The van der Waals surface area contributed by atoms with Crippen LogP contribution in [0.2, 0.25) is 0 Å². The van der Waals surface area contributed by atoms with E-state index in [1.807, 2.05) is 12.1 Å². The van der Waals surface area contributed by atoms with E-state index in [0.717, 1.165) is 24.0 Å². The molecule has 0 fully saturated rings. The van der Waals surface area contributed by atoms with Gasteiger partial charge in [0.05, 0.1) is 10.6 Å². The van der Waals surface area contributed by atoms with E-state index in [4.69, 9.17) is 0 Å². The highest BCUT2D eigenvalue weighted by Gasteiger charge is 2.14. The van der Waals surface area contributed by atoms with Crippen LogP contribution < -0.4 is 4.90 Å². The zero-order valence-corrected chi connectivity index (χ0v) is 14.2. The van der Waals surface area contributed by atoms with Gasteiger partial charge in [0, 0.05) is 23.6 Å². The van der Waals surface area contributed by atoms with Gasteiger partial charge in [0.25, 0.3) is 0 Å². The summed E-state index contributed by atoms with van der Waals surface area (Å²) in [5.74, 6) is 0.143. The average Bonchev–Trinajstić information content (AvgIpc) is 2.39. The van der Waals surface area contributed by atoms with Crippen molar-refractivity contribution in [2.24, 2.45) is 0 Å². The maximum absolute atomic E-state index is 11.8. The van der Waals surface area contributed by atoms with Crippen LogP contribution in [0, 0.1) is 0 Å². The Morgan fingerprint density at radius 2 is 1.79 bits per heavy atom. The van der Waals surface area contributed by atoms with Gasteiger partial charge in [0.1, 0.15) is 0 Å². The molecule has 1 aromatic rings. The van der Waals surface area contributed by atoms with Crippen LogP contribution in [0.25, 0.3) is 0 Å². The minimum Gasteiger partial charge on any atom is -0.369 e. The largest absolute Gasteiger partial charge is 0.369 e. The van der Waals surface area contributed by atoms with Crippen molar-refractivity contribution in [3.8, 4) is 0 Å². The molecular weight excluding hydrogens is 326 g/mol. The summed E-state index contributed by atoms with van der Waals surface area (Å²) in [5.41, 5.74) is 1.08. The Hall–Kier alpha value is -0.550. The summed E-state index contributed by atoms with van der Waals surface area (Å²) in [6, 6.07) is 7.61. The van der Waals surface area contributed by atoms with Crippen molar-refractivity contribution in [2.75, 3.05) is 22.5 Å². The highest BCUT2D eigenvalue weighted by atomic mass is 79.9. The Balaban J connectivity index is 2.95. The zero-order valence-electron chi connectivity index (χ0n) is 11.8. The maximum Gasteiger partial charge on any atom is 0.178 e. The van der Waals surface area contributed by atoms with E-state index < -0.39 is 9.84 Å². The lowest BCUT2D eigenvalue weighted by atomic mass is 10.2. The summed E-state index contributed by atoms with van der Waals surface area (Å²) in [4.78, 5) is 2.69. The minimum absolute atomic E-state index is 0.143. The second kappa shape index (κ2) is 7.29. The van der Waals surface area contributed by atoms with E-state index in [1.165, 1.54) is 0 Å². The highest BCUT2D eigenvalue weighted by molar-refractivity contribution is 9.09. The van der Waals surface area contributed by atoms with Crippen LogP contribution in [0.3, 0.4) is 0 Å².